The summed E-state index contributed by atoms with van der Waals surface area (Å²) in [5, 5.41) is 0.441. The molecule has 110 valence electrons. The van der Waals surface area contributed by atoms with Gasteiger partial charge in [-0.2, -0.15) is 0 Å². The van der Waals surface area contributed by atoms with E-state index in [1.54, 1.807) is 26.0 Å². The minimum Gasteiger partial charge on any atom is -0.487 e. The summed E-state index contributed by atoms with van der Waals surface area (Å²) in [7, 11) is 0. The number of esters is 1. The third kappa shape index (κ3) is 3.76. The Morgan fingerprint density at radius 2 is 1.86 bits per heavy atom. The predicted octanol–water partition coefficient (Wildman–Crippen LogP) is 4.40. The standard InChI is InChI=1S/C17H17ClO3/c1-3-20-17(19)14-9-10-15(16(18)12(14)2)21-11-13-7-5-4-6-8-13/h4-10H,3,11H2,1-2H3. The summed E-state index contributed by atoms with van der Waals surface area (Å²) in [5.41, 5.74) is 2.19. The molecule has 0 aromatic heterocycles. The van der Waals surface area contributed by atoms with Crippen molar-refractivity contribution in [3.05, 3.63) is 64.2 Å². The maximum Gasteiger partial charge on any atom is 0.338 e. The second kappa shape index (κ2) is 7.14. The van der Waals surface area contributed by atoms with Gasteiger partial charge < -0.3 is 9.47 Å². The van der Waals surface area contributed by atoms with Gasteiger partial charge in [0.1, 0.15) is 12.4 Å². The van der Waals surface area contributed by atoms with E-state index in [1.807, 2.05) is 30.3 Å². The maximum absolute atomic E-state index is 11.8. The first kappa shape index (κ1) is 15.4. The molecule has 3 nitrogen and oxygen atoms in total. The molecule has 2 aromatic carbocycles. The second-order valence-corrected chi connectivity index (χ2v) is 4.92. The largest absolute Gasteiger partial charge is 0.487 e. The van der Waals surface area contributed by atoms with E-state index in [0.717, 1.165) is 5.56 Å². The topological polar surface area (TPSA) is 35.5 Å². The lowest BCUT2D eigenvalue weighted by Crippen LogP contribution is -2.07. The van der Waals surface area contributed by atoms with E-state index < -0.39 is 0 Å². The molecule has 0 saturated heterocycles. The number of halogens is 1. The van der Waals surface area contributed by atoms with Crippen LogP contribution in [0.5, 0.6) is 5.75 Å². The van der Waals surface area contributed by atoms with Gasteiger partial charge in [-0.05, 0) is 37.1 Å². The molecule has 0 aliphatic rings. The predicted molar refractivity (Wildman–Crippen MR) is 82.9 cm³/mol. The molecule has 4 heteroatoms. The van der Waals surface area contributed by atoms with E-state index in [1.165, 1.54) is 0 Å². The Hall–Kier alpha value is -2.00. The molecule has 0 atom stereocenters. The quantitative estimate of drug-likeness (QED) is 0.768. The SMILES string of the molecule is CCOC(=O)c1ccc(OCc2ccccc2)c(Cl)c1C. The average molecular weight is 305 g/mol. The average Bonchev–Trinajstić information content (AvgIpc) is 2.50. The smallest absolute Gasteiger partial charge is 0.338 e. The molecule has 0 fully saturated rings. The molecule has 0 saturated carbocycles. The summed E-state index contributed by atoms with van der Waals surface area (Å²) in [6.07, 6.45) is 0. The number of hydrogen-bond acceptors (Lipinski definition) is 3. The molecule has 0 aliphatic heterocycles. The molecule has 21 heavy (non-hydrogen) atoms. The van der Waals surface area contributed by atoms with Gasteiger partial charge in [0.05, 0.1) is 17.2 Å². The van der Waals surface area contributed by atoms with Crippen molar-refractivity contribution in [3.8, 4) is 5.75 Å². The van der Waals surface area contributed by atoms with Crippen LogP contribution in [0.25, 0.3) is 0 Å². The molecule has 0 radical (unpaired) electrons. The van der Waals surface area contributed by atoms with Crippen molar-refractivity contribution in [2.45, 2.75) is 20.5 Å². The highest BCUT2D eigenvalue weighted by atomic mass is 35.5. The zero-order valence-electron chi connectivity index (χ0n) is 12.1. The molecule has 0 unspecified atom stereocenters. The zero-order valence-corrected chi connectivity index (χ0v) is 12.8. The fraction of sp³-hybridized carbons (Fsp3) is 0.235. The molecule has 2 rings (SSSR count). The Bertz CT molecular complexity index is 623. The third-order valence-corrected chi connectivity index (χ3v) is 3.55. The van der Waals surface area contributed by atoms with Gasteiger partial charge in [0.15, 0.2) is 0 Å². The molecule has 0 aliphatic carbocycles. The first-order chi connectivity index (χ1) is 10.1. The van der Waals surface area contributed by atoms with Crippen LogP contribution in [0.15, 0.2) is 42.5 Å². The Morgan fingerprint density at radius 1 is 1.14 bits per heavy atom. The molecule has 0 amide bonds. The van der Waals surface area contributed by atoms with Crippen molar-refractivity contribution in [2.75, 3.05) is 6.61 Å². The number of carbonyl (C=O) groups is 1. The van der Waals surface area contributed by atoms with Crippen LogP contribution >= 0.6 is 11.6 Å². The molecule has 0 bridgehead atoms. The Morgan fingerprint density at radius 3 is 2.52 bits per heavy atom. The lowest BCUT2D eigenvalue weighted by molar-refractivity contribution is 0.0525. The molecule has 2 aromatic rings. The monoisotopic (exact) mass is 304 g/mol. The van der Waals surface area contributed by atoms with Crippen molar-refractivity contribution in [2.24, 2.45) is 0 Å². The van der Waals surface area contributed by atoms with Crippen LogP contribution in [0.4, 0.5) is 0 Å². The molecule has 0 spiro atoms. The highest BCUT2D eigenvalue weighted by molar-refractivity contribution is 6.33. The van der Waals surface area contributed by atoms with Gasteiger partial charge in [0.25, 0.3) is 0 Å². The molecule has 0 N–H and O–H groups in total. The second-order valence-electron chi connectivity index (χ2n) is 4.54. The van der Waals surface area contributed by atoms with Crippen LogP contribution in [-0.4, -0.2) is 12.6 Å². The van der Waals surface area contributed by atoms with E-state index in [0.29, 0.717) is 35.1 Å². The van der Waals surface area contributed by atoms with Crippen LogP contribution in [-0.2, 0) is 11.3 Å². The Kier molecular flexibility index (Phi) is 5.23. The molecular weight excluding hydrogens is 288 g/mol. The van der Waals surface area contributed by atoms with E-state index in [9.17, 15) is 4.79 Å². The summed E-state index contributed by atoms with van der Waals surface area (Å²) < 4.78 is 10.7. The van der Waals surface area contributed by atoms with Crippen LogP contribution < -0.4 is 4.74 Å². The fourth-order valence-electron chi connectivity index (χ4n) is 1.94. The van der Waals surface area contributed by atoms with E-state index in [2.05, 4.69) is 0 Å². The fourth-order valence-corrected chi connectivity index (χ4v) is 2.16. The van der Waals surface area contributed by atoms with E-state index in [-0.39, 0.29) is 5.97 Å². The summed E-state index contributed by atoms with van der Waals surface area (Å²) in [6.45, 7) is 4.32. The van der Waals surface area contributed by atoms with Crippen LogP contribution in [0, 0.1) is 6.92 Å². The van der Waals surface area contributed by atoms with Crippen LogP contribution in [0.3, 0.4) is 0 Å². The van der Waals surface area contributed by atoms with Crippen molar-refractivity contribution < 1.29 is 14.3 Å². The number of hydrogen-bond donors (Lipinski definition) is 0. The summed E-state index contributed by atoms with van der Waals surface area (Å²) in [6, 6.07) is 13.2. The normalized spacial score (nSPS) is 10.2. The Balaban J connectivity index is 2.15. The lowest BCUT2D eigenvalue weighted by Gasteiger charge is -2.12. The minimum atomic E-state index is -0.369. The van der Waals surface area contributed by atoms with Crippen molar-refractivity contribution in [1.29, 1.82) is 0 Å². The van der Waals surface area contributed by atoms with Gasteiger partial charge in [-0.15, -0.1) is 0 Å². The summed E-state index contributed by atoms with van der Waals surface area (Å²) >= 11 is 6.28. The summed E-state index contributed by atoms with van der Waals surface area (Å²) in [5.74, 6) is 0.192. The molecular formula is C17H17ClO3. The van der Waals surface area contributed by atoms with E-state index >= 15 is 0 Å². The van der Waals surface area contributed by atoms with Crippen LogP contribution in [0.1, 0.15) is 28.4 Å². The van der Waals surface area contributed by atoms with E-state index in [4.69, 9.17) is 21.1 Å². The van der Waals surface area contributed by atoms with Crippen molar-refractivity contribution >= 4 is 17.6 Å². The van der Waals surface area contributed by atoms with Crippen molar-refractivity contribution in [3.63, 3.8) is 0 Å². The highest BCUT2D eigenvalue weighted by Gasteiger charge is 2.15. The van der Waals surface area contributed by atoms with Crippen LogP contribution in [0.2, 0.25) is 5.02 Å². The number of ether oxygens (including phenoxy) is 2. The highest BCUT2D eigenvalue weighted by Crippen LogP contribution is 2.31. The molecule has 0 heterocycles. The Labute approximate surface area is 129 Å². The summed E-state index contributed by atoms with van der Waals surface area (Å²) in [4.78, 5) is 11.8. The zero-order chi connectivity index (χ0) is 15.2. The van der Waals surface area contributed by atoms with Gasteiger partial charge in [-0.3, -0.25) is 0 Å². The van der Waals surface area contributed by atoms with Gasteiger partial charge in [-0.25, -0.2) is 4.79 Å². The minimum absolute atomic E-state index is 0.335. The van der Waals surface area contributed by atoms with Crippen molar-refractivity contribution in [1.82, 2.24) is 0 Å². The van der Waals surface area contributed by atoms with Gasteiger partial charge >= 0.3 is 5.97 Å². The van der Waals surface area contributed by atoms with Gasteiger partial charge in [-0.1, -0.05) is 41.9 Å². The van der Waals surface area contributed by atoms with Gasteiger partial charge in [0, 0.05) is 0 Å². The first-order valence-electron chi connectivity index (χ1n) is 6.76. The maximum atomic E-state index is 11.8. The number of rotatable bonds is 5. The van der Waals surface area contributed by atoms with Gasteiger partial charge in [0.2, 0.25) is 0 Å². The number of carbonyl (C=O) groups excluding carboxylic acids is 1. The lowest BCUT2D eigenvalue weighted by atomic mass is 10.1. The first-order valence-corrected chi connectivity index (χ1v) is 7.14. The number of benzene rings is 2. The third-order valence-electron chi connectivity index (χ3n) is 3.08.